The zero-order chi connectivity index (χ0) is 15.1. The van der Waals surface area contributed by atoms with Crippen LogP contribution in [0.15, 0.2) is 12.1 Å². The number of anilines is 1. The minimum Gasteiger partial charge on any atom is -0.355 e. The van der Waals surface area contributed by atoms with Gasteiger partial charge in [-0.2, -0.15) is 0 Å². The summed E-state index contributed by atoms with van der Waals surface area (Å²) in [5.74, 6) is 1.50. The Morgan fingerprint density at radius 2 is 1.85 bits per heavy atom. The number of hydrogen-bond donors (Lipinski definition) is 1. The molecule has 1 rings (SSSR count). The van der Waals surface area contributed by atoms with Crippen molar-refractivity contribution in [3.8, 4) is 0 Å². The molecule has 0 amide bonds. The van der Waals surface area contributed by atoms with Crippen LogP contribution in [-0.4, -0.2) is 43.6 Å². The summed E-state index contributed by atoms with van der Waals surface area (Å²) >= 11 is 0. The van der Waals surface area contributed by atoms with Crippen molar-refractivity contribution in [1.82, 2.24) is 9.88 Å². The Bertz CT molecular complexity index is 401. The minimum atomic E-state index is 0.428. The molecule has 0 aromatic carbocycles. The van der Waals surface area contributed by atoms with E-state index in [4.69, 9.17) is 10.7 Å². The zero-order valence-electron chi connectivity index (χ0n) is 13.7. The Morgan fingerprint density at radius 3 is 2.35 bits per heavy atom. The molecule has 0 bridgehead atoms. The van der Waals surface area contributed by atoms with Gasteiger partial charge in [0.15, 0.2) is 0 Å². The molecule has 1 aromatic rings. The number of nitrogens with zero attached hydrogens (tertiary/aromatic N) is 3. The number of likely N-dealkylation sites (N-methyl/N-ethyl adjacent to an activating group) is 1. The highest BCUT2D eigenvalue weighted by molar-refractivity contribution is 5.43. The molecule has 0 saturated heterocycles. The van der Waals surface area contributed by atoms with Gasteiger partial charge in [-0.3, -0.25) is 0 Å². The van der Waals surface area contributed by atoms with Crippen LogP contribution < -0.4 is 10.6 Å². The van der Waals surface area contributed by atoms with Crippen molar-refractivity contribution >= 4 is 5.82 Å². The molecule has 4 nitrogen and oxygen atoms in total. The zero-order valence-corrected chi connectivity index (χ0v) is 13.7. The third-order valence-corrected chi connectivity index (χ3v) is 3.35. The van der Waals surface area contributed by atoms with E-state index in [0.717, 1.165) is 37.6 Å². The Morgan fingerprint density at radius 1 is 1.15 bits per heavy atom. The quantitative estimate of drug-likeness (QED) is 0.793. The predicted molar refractivity (Wildman–Crippen MR) is 87.3 cm³/mol. The van der Waals surface area contributed by atoms with Crippen molar-refractivity contribution in [1.29, 1.82) is 0 Å². The maximum absolute atomic E-state index is 5.83. The summed E-state index contributed by atoms with van der Waals surface area (Å²) in [6.07, 6.45) is 1.12. The van der Waals surface area contributed by atoms with E-state index < -0.39 is 0 Å². The van der Waals surface area contributed by atoms with Crippen molar-refractivity contribution in [3.63, 3.8) is 0 Å². The lowest BCUT2D eigenvalue weighted by Crippen LogP contribution is -2.33. The fraction of sp³-hybridized carbons (Fsp3) is 0.688. The lowest BCUT2D eigenvalue weighted by Gasteiger charge is -2.26. The second-order valence-corrected chi connectivity index (χ2v) is 5.91. The van der Waals surface area contributed by atoms with Crippen molar-refractivity contribution < 1.29 is 0 Å². The van der Waals surface area contributed by atoms with E-state index >= 15 is 0 Å². The molecule has 20 heavy (non-hydrogen) atoms. The van der Waals surface area contributed by atoms with Crippen LogP contribution in [0, 0.1) is 0 Å². The Balaban J connectivity index is 3.01. The first-order valence-electron chi connectivity index (χ1n) is 7.58. The van der Waals surface area contributed by atoms with Crippen molar-refractivity contribution in [2.75, 3.05) is 38.6 Å². The molecular formula is C16H30N4. The maximum atomic E-state index is 5.83. The molecule has 2 N–H and O–H groups in total. The number of nitrogens with two attached hydrogens (primary N) is 1. The second kappa shape index (κ2) is 8.22. The fourth-order valence-corrected chi connectivity index (χ4v) is 2.10. The van der Waals surface area contributed by atoms with Gasteiger partial charge in [0.25, 0.3) is 0 Å². The van der Waals surface area contributed by atoms with Crippen LogP contribution in [0.1, 0.15) is 44.4 Å². The molecule has 1 aromatic heterocycles. The highest BCUT2D eigenvalue weighted by atomic mass is 15.2. The van der Waals surface area contributed by atoms with Gasteiger partial charge in [0, 0.05) is 31.9 Å². The number of hydrogen-bond acceptors (Lipinski definition) is 4. The van der Waals surface area contributed by atoms with Gasteiger partial charge >= 0.3 is 0 Å². The van der Waals surface area contributed by atoms with Crippen molar-refractivity contribution in [3.05, 3.63) is 23.4 Å². The monoisotopic (exact) mass is 278 g/mol. The molecule has 0 fully saturated rings. The van der Waals surface area contributed by atoms with Crippen LogP contribution in [-0.2, 0) is 6.54 Å². The maximum Gasteiger partial charge on any atom is 0.129 e. The van der Waals surface area contributed by atoms with E-state index in [1.807, 2.05) is 0 Å². The van der Waals surface area contributed by atoms with E-state index in [0.29, 0.717) is 12.5 Å². The van der Waals surface area contributed by atoms with E-state index in [1.54, 1.807) is 0 Å². The Kier molecular flexibility index (Phi) is 6.96. The molecule has 0 spiro atoms. The van der Waals surface area contributed by atoms with Crippen molar-refractivity contribution in [2.24, 2.45) is 5.73 Å². The summed E-state index contributed by atoms with van der Waals surface area (Å²) in [6, 6.07) is 4.27. The van der Waals surface area contributed by atoms with Crippen molar-refractivity contribution in [2.45, 2.75) is 39.7 Å². The third kappa shape index (κ3) is 5.10. The van der Waals surface area contributed by atoms with Gasteiger partial charge < -0.3 is 15.5 Å². The number of pyridine rings is 1. The normalized spacial score (nSPS) is 11.4. The van der Waals surface area contributed by atoms with Gasteiger partial charge in [-0.1, -0.05) is 20.8 Å². The lowest BCUT2D eigenvalue weighted by atomic mass is 10.1. The smallest absolute Gasteiger partial charge is 0.129 e. The Hall–Kier alpha value is -1.13. The molecule has 0 aliphatic rings. The van der Waals surface area contributed by atoms with Crippen LogP contribution in [0.5, 0.6) is 0 Å². The summed E-state index contributed by atoms with van der Waals surface area (Å²) in [5, 5.41) is 0. The third-order valence-electron chi connectivity index (χ3n) is 3.35. The topological polar surface area (TPSA) is 45.4 Å². The lowest BCUT2D eigenvalue weighted by molar-refractivity contribution is 0.412. The van der Waals surface area contributed by atoms with Gasteiger partial charge in [-0.05, 0) is 44.1 Å². The predicted octanol–water partition coefficient (Wildman–Crippen LogP) is 2.44. The van der Waals surface area contributed by atoms with Gasteiger partial charge in [0.05, 0.1) is 0 Å². The average Bonchev–Trinajstić information content (AvgIpc) is 2.42. The van der Waals surface area contributed by atoms with E-state index in [9.17, 15) is 0 Å². The van der Waals surface area contributed by atoms with E-state index in [2.05, 4.69) is 56.8 Å². The molecule has 0 saturated carbocycles. The summed E-state index contributed by atoms with van der Waals surface area (Å²) < 4.78 is 0. The summed E-state index contributed by atoms with van der Waals surface area (Å²) in [6.45, 7) is 10.2. The first-order chi connectivity index (χ1) is 9.47. The summed E-state index contributed by atoms with van der Waals surface area (Å²) in [5.41, 5.74) is 8.13. The van der Waals surface area contributed by atoms with E-state index in [1.165, 1.54) is 5.56 Å². The Labute approximate surface area is 124 Å². The fourth-order valence-electron chi connectivity index (χ4n) is 2.10. The minimum absolute atomic E-state index is 0.428. The highest BCUT2D eigenvalue weighted by Gasteiger charge is 2.11. The molecule has 1 heterocycles. The first-order valence-corrected chi connectivity index (χ1v) is 7.58. The molecule has 0 radical (unpaired) electrons. The van der Waals surface area contributed by atoms with Gasteiger partial charge in [0.1, 0.15) is 5.82 Å². The molecule has 4 heteroatoms. The standard InChI is InChI=1S/C16H30N4/c1-6-7-20(9-8-19(4)5)16-11-14(12-17)10-15(18-16)13(2)3/h10-11,13H,6-9,12,17H2,1-5H3. The van der Waals surface area contributed by atoms with Gasteiger partial charge in [-0.25, -0.2) is 4.98 Å². The van der Waals surface area contributed by atoms with Gasteiger partial charge in [-0.15, -0.1) is 0 Å². The molecular weight excluding hydrogens is 248 g/mol. The second-order valence-electron chi connectivity index (χ2n) is 5.91. The van der Waals surface area contributed by atoms with Crippen LogP contribution >= 0.6 is 0 Å². The largest absolute Gasteiger partial charge is 0.355 e. The van der Waals surface area contributed by atoms with Crippen LogP contribution in [0.3, 0.4) is 0 Å². The molecule has 0 aliphatic carbocycles. The molecule has 0 unspecified atom stereocenters. The number of rotatable bonds is 8. The number of aromatic nitrogens is 1. The van der Waals surface area contributed by atoms with Gasteiger partial charge in [0.2, 0.25) is 0 Å². The van der Waals surface area contributed by atoms with Crippen LogP contribution in [0.25, 0.3) is 0 Å². The van der Waals surface area contributed by atoms with Crippen LogP contribution in [0.4, 0.5) is 5.82 Å². The molecule has 114 valence electrons. The highest BCUT2D eigenvalue weighted by Crippen LogP contribution is 2.20. The molecule has 0 aliphatic heterocycles. The SMILES string of the molecule is CCCN(CCN(C)C)c1cc(CN)cc(C(C)C)n1. The average molecular weight is 278 g/mol. The first kappa shape index (κ1) is 16.9. The molecule has 0 atom stereocenters. The summed E-state index contributed by atoms with van der Waals surface area (Å²) in [7, 11) is 4.21. The van der Waals surface area contributed by atoms with Crippen LogP contribution in [0.2, 0.25) is 0 Å². The summed E-state index contributed by atoms with van der Waals surface area (Å²) in [4.78, 5) is 9.40. The van der Waals surface area contributed by atoms with E-state index in [-0.39, 0.29) is 0 Å².